The Morgan fingerprint density at radius 1 is 1.39 bits per heavy atom. The number of hydrogen-bond acceptors (Lipinski definition) is 4. The first-order valence-corrected chi connectivity index (χ1v) is 8.11. The van der Waals surface area contributed by atoms with Crippen LogP contribution in [-0.4, -0.2) is 36.8 Å². The smallest absolute Gasteiger partial charge is 0.408 e. The predicted octanol–water partition coefficient (Wildman–Crippen LogP) is 3.09. The minimum absolute atomic E-state index is 0.264. The first-order chi connectivity index (χ1) is 10.6. The minimum Gasteiger partial charge on any atom is -0.486 e. The third kappa shape index (κ3) is 4.16. The van der Waals surface area contributed by atoms with Gasteiger partial charge in [0.25, 0.3) is 5.91 Å². The number of nitrogens with one attached hydrogen (secondary N) is 1. The van der Waals surface area contributed by atoms with E-state index >= 15 is 0 Å². The Morgan fingerprint density at radius 2 is 2.04 bits per heavy atom. The number of likely N-dealkylation sites (N-methyl/N-ethyl adjacent to an activating group) is 1. The van der Waals surface area contributed by atoms with E-state index in [4.69, 9.17) is 9.47 Å². The molecule has 2 atom stereocenters. The van der Waals surface area contributed by atoms with Crippen LogP contribution < -0.4 is 15.0 Å². The van der Waals surface area contributed by atoms with Crippen molar-refractivity contribution in [1.82, 2.24) is 5.32 Å². The summed E-state index contributed by atoms with van der Waals surface area (Å²) in [5.74, 6) is 0.324. The number of nitrogens with zero attached hydrogens (tertiary/aromatic N) is 1. The van der Waals surface area contributed by atoms with Gasteiger partial charge in [0, 0.05) is 11.5 Å². The molecule has 1 heterocycles. The lowest BCUT2D eigenvalue weighted by Gasteiger charge is -2.26. The van der Waals surface area contributed by atoms with Gasteiger partial charge in [0.1, 0.15) is 23.5 Å². The Bertz CT molecular complexity index is 627. The standard InChI is InChI=1S/C16H21BrN2O4/c1-9-13(18-15(21)23-16(2,3)4)14(20)19(5)11-8-10(17)6-7-12(11)22-9/h6-9,13H,1-5H3,(H,18,21)/t9-,13+/m1/s1. The number of carbonyl (C=O) groups excluding carboxylic acids is 2. The lowest BCUT2D eigenvalue weighted by Crippen LogP contribution is -2.54. The number of benzene rings is 1. The van der Waals surface area contributed by atoms with Crippen LogP contribution in [0.15, 0.2) is 22.7 Å². The summed E-state index contributed by atoms with van der Waals surface area (Å²) in [6.45, 7) is 7.04. The molecule has 1 aromatic carbocycles. The monoisotopic (exact) mass is 384 g/mol. The molecule has 1 aromatic rings. The van der Waals surface area contributed by atoms with Crippen LogP contribution in [0.2, 0.25) is 0 Å². The van der Waals surface area contributed by atoms with Gasteiger partial charge < -0.3 is 19.7 Å². The summed E-state index contributed by atoms with van der Waals surface area (Å²) in [5, 5.41) is 2.61. The Balaban J connectivity index is 2.24. The van der Waals surface area contributed by atoms with Gasteiger partial charge in [-0.3, -0.25) is 4.79 Å². The predicted molar refractivity (Wildman–Crippen MR) is 90.8 cm³/mol. The molecule has 1 aliphatic rings. The number of ether oxygens (including phenoxy) is 2. The van der Waals surface area contributed by atoms with E-state index in [1.807, 2.05) is 6.07 Å². The van der Waals surface area contributed by atoms with Gasteiger partial charge in [-0.25, -0.2) is 4.79 Å². The van der Waals surface area contributed by atoms with Gasteiger partial charge in [-0.15, -0.1) is 0 Å². The molecule has 126 valence electrons. The molecule has 0 spiro atoms. The molecule has 1 aliphatic heterocycles. The summed E-state index contributed by atoms with van der Waals surface area (Å²) in [5.41, 5.74) is 0.00604. The van der Waals surface area contributed by atoms with Crippen molar-refractivity contribution < 1.29 is 19.1 Å². The summed E-state index contributed by atoms with van der Waals surface area (Å²) in [6, 6.07) is 4.60. The molecule has 2 amide bonds. The third-order valence-electron chi connectivity index (χ3n) is 3.33. The van der Waals surface area contributed by atoms with E-state index in [0.717, 1.165) is 4.47 Å². The third-order valence-corrected chi connectivity index (χ3v) is 3.83. The van der Waals surface area contributed by atoms with Gasteiger partial charge in [0.15, 0.2) is 0 Å². The Kier molecular flexibility index (Phi) is 4.89. The molecule has 2 rings (SSSR count). The molecule has 0 saturated heterocycles. The molecule has 0 aromatic heterocycles. The second kappa shape index (κ2) is 6.39. The van der Waals surface area contributed by atoms with Crippen LogP contribution in [0.25, 0.3) is 0 Å². The SMILES string of the molecule is C[C@H]1Oc2ccc(Br)cc2N(C)C(=O)[C@H]1NC(=O)OC(C)(C)C. The maximum Gasteiger partial charge on any atom is 0.408 e. The second-order valence-electron chi connectivity index (χ2n) is 6.46. The molecular weight excluding hydrogens is 364 g/mol. The van der Waals surface area contributed by atoms with Crippen LogP contribution in [0.4, 0.5) is 10.5 Å². The van der Waals surface area contributed by atoms with Gasteiger partial charge in [-0.05, 0) is 45.9 Å². The van der Waals surface area contributed by atoms with E-state index in [-0.39, 0.29) is 5.91 Å². The first kappa shape index (κ1) is 17.6. The van der Waals surface area contributed by atoms with Crippen molar-refractivity contribution in [3.8, 4) is 5.75 Å². The molecule has 23 heavy (non-hydrogen) atoms. The highest BCUT2D eigenvalue weighted by atomic mass is 79.9. The van der Waals surface area contributed by atoms with Crippen molar-refractivity contribution >= 4 is 33.6 Å². The molecule has 0 radical (unpaired) electrons. The van der Waals surface area contributed by atoms with Crippen molar-refractivity contribution in [1.29, 1.82) is 0 Å². The Labute approximate surface area is 144 Å². The van der Waals surface area contributed by atoms with Gasteiger partial charge in [0.05, 0.1) is 5.69 Å². The van der Waals surface area contributed by atoms with Crippen LogP contribution in [0.1, 0.15) is 27.7 Å². The fourth-order valence-corrected chi connectivity index (χ4v) is 2.61. The zero-order chi connectivity index (χ0) is 17.4. The number of anilines is 1. The van der Waals surface area contributed by atoms with E-state index in [0.29, 0.717) is 11.4 Å². The van der Waals surface area contributed by atoms with E-state index in [1.54, 1.807) is 46.9 Å². The van der Waals surface area contributed by atoms with Gasteiger partial charge >= 0.3 is 6.09 Å². The van der Waals surface area contributed by atoms with E-state index < -0.39 is 23.8 Å². The summed E-state index contributed by atoms with van der Waals surface area (Å²) < 4.78 is 11.9. The van der Waals surface area contributed by atoms with Crippen molar-refractivity contribution in [2.75, 3.05) is 11.9 Å². The highest BCUT2D eigenvalue weighted by Crippen LogP contribution is 2.34. The lowest BCUT2D eigenvalue weighted by molar-refractivity contribution is -0.121. The second-order valence-corrected chi connectivity index (χ2v) is 7.37. The highest BCUT2D eigenvalue weighted by Gasteiger charge is 2.36. The number of amides is 2. The van der Waals surface area contributed by atoms with Crippen molar-refractivity contribution in [3.63, 3.8) is 0 Å². The van der Waals surface area contributed by atoms with Crippen molar-refractivity contribution in [2.24, 2.45) is 0 Å². The van der Waals surface area contributed by atoms with Gasteiger partial charge in [-0.2, -0.15) is 0 Å². The summed E-state index contributed by atoms with van der Waals surface area (Å²) in [4.78, 5) is 26.2. The number of hydrogen-bond donors (Lipinski definition) is 1. The average molecular weight is 385 g/mol. The number of alkyl carbamates (subject to hydrolysis) is 1. The Hall–Kier alpha value is -1.76. The Morgan fingerprint density at radius 3 is 2.65 bits per heavy atom. The van der Waals surface area contributed by atoms with Gasteiger partial charge in [-0.1, -0.05) is 15.9 Å². The molecule has 7 heteroatoms. The molecule has 0 unspecified atom stereocenters. The van der Waals surface area contributed by atoms with E-state index in [9.17, 15) is 9.59 Å². The summed E-state index contributed by atoms with van der Waals surface area (Å²) >= 11 is 3.38. The zero-order valence-corrected chi connectivity index (χ0v) is 15.4. The topological polar surface area (TPSA) is 67.9 Å². The largest absolute Gasteiger partial charge is 0.486 e. The van der Waals surface area contributed by atoms with Crippen LogP contribution in [0.3, 0.4) is 0 Å². The van der Waals surface area contributed by atoms with E-state index in [2.05, 4.69) is 21.2 Å². The molecule has 6 nitrogen and oxygen atoms in total. The lowest BCUT2D eigenvalue weighted by atomic mass is 10.1. The van der Waals surface area contributed by atoms with Crippen molar-refractivity contribution in [3.05, 3.63) is 22.7 Å². The van der Waals surface area contributed by atoms with Crippen LogP contribution in [-0.2, 0) is 9.53 Å². The number of fused-ring (bicyclic) bond motifs is 1. The molecule has 0 bridgehead atoms. The number of rotatable bonds is 1. The zero-order valence-electron chi connectivity index (χ0n) is 13.8. The summed E-state index contributed by atoms with van der Waals surface area (Å²) in [7, 11) is 1.65. The number of carbonyl (C=O) groups is 2. The summed E-state index contributed by atoms with van der Waals surface area (Å²) in [6.07, 6.45) is -1.17. The van der Waals surface area contributed by atoms with Crippen molar-refractivity contribution in [2.45, 2.75) is 45.4 Å². The van der Waals surface area contributed by atoms with Crippen LogP contribution >= 0.6 is 15.9 Å². The maximum absolute atomic E-state index is 12.7. The van der Waals surface area contributed by atoms with Crippen LogP contribution in [0.5, 0.6) is 5.75 Å². The molecule has 0 fully saturated rings. The van der Waals surface area contributed by atoms with Crippen LogP contribution in [0, 0.1) is 0 Å². The van der Waals surface area contributed by atoms with E-state index in [1.165, 1.54) is 4.90 Å². The maximum atomic E-state index is 12.7. The average Bonchev–Trinajstić information content (AvgIpc) is 2.49. The molecule has 0 aliphatic carbocycles. The van der Waals surface area contributed by atoms with Gasteiger partial charge in [0.2, 0.25) is 0 Å². The quantitative estimate of drug-likeness (QED) is 0.807. The molecule has 1 N–H and O–H groups in total. The minimum atomic E-state index is -0.832. The molecular formula is C16H21BrN2O4. The first-order valence-electron chi connectivity index (χ1n) is 7.32. The normalized spacial score (nSPS) is 21.1. The molecule has 0 saturated carbocycles. The fourth-order valence-electron chi connectivity index (χ4n) is 2.26. The fraction of sp³-hybridized carbons (Fsp3) is 0.500. The number of halogens is 1. The highest BCUT2D eigenvalue weighted by molar-refractivity contribution is 9.10.